The smallest absolute Gasteiger partial charge is 0.375 e. The van der Waals surface area contributed by atoms with Crippen molar-refractivity contribution < 1.29 is 18.0 Å². The van der Waals surface area contributed by atoms with E-state index < -0.39 is 23.3 Å². The summed E-state index contributed by atoms with van der Waals surface area (Å²) in [7, 11) is 0. The maximum Gasteiger partial charge on any atom is 0.418 e. The normalized spacial score (nSPS) is 11.8. The molecule has 1 aromatic rings. The van der Waals surface area contributed by atoms with E-state index in [9.17, 15) is 18.0 Å². The van der Waals surface area contributed by atoms with Crippen molar-refractivity contribution in [1.82, 2.24) is 10.9 Å². The number of anilines is 1. The number of nitrogens with two attached hydrogens (primary N) is 1. The van der Waals surface area contributed by atoms with Crippen LogP contribution in [0.2, 0.25) is 5.02 Å². The largest absolute Gasteiger partial charge is 0.418 e. The summed E-state index contributed by atoms with van der Waals surface area (Å²) in [6.45, 7) is 1.50. The van der Waals surface area contributed by atoms with Crippen molar-refractivity contribution in [3.8, 4) is 0 Å². The minimum atomic E-state index is -4.64. The molecule has 1 aromatic carbocycles. The number of hydrogen-bond acceptors (Lipinski definition) is 3. The summed E-state index contributed by atoms with van der Waals surface area (Å²) in [5.74, 6) is -0.762. The van der Waals surface area contributed by atoms with Gasteiger partial charge in [-0.2, -0.15) is 13.2 Å². The highest BCUT2D eigenvalue weighted by Gasteiger charge is 2.34. The van der Waals surface area contributed by atoms with Gasteiger partial charge in [-0.25, -0.2) is 0 Å². The number of nitrogens with one attached hydrogen (secondary N) is 3. The molecule has 1 amide bonds. The Balaban J connectivity index is 2.89. The van der Waals surface area contributed by atoms with Crippen LogP contribution in [0.3, 0.4) is 0 Å². The SMILES string of the molecule is C/C(=C\C(=O)Nc1ccc(Cl)cc1C(F)(F)F)NNC(N)=S. The zero-order chi connectivity index (χ0) is 16.9. The molecule has 0 atom stereocenters. The quantitative estimate of drug-likeness (QED) is 0.380. The van der Waals surface area contributed by atoms with Crippen molar-refractivity contribution in [2.45, 2.75) is 13.1 Å². The van der Waals surface area contributed by atoms with Crippen molar-refractivity contribution in [2.75, 3.05) is 5.32 Å². The number of halogens is 4. The molecular weight excluding hydrogens is 341 g/mol. The average molecular weight is 353 g/mol. The van der Waals surface area contributed by atoms with Gasteiger partial charge in [0.1, 0.15) is 0 Å². The highest BCUT2D eigenvalue weighted by Crippen LogP contribution is 2.36. The van der Waals surface area contributed by atoms with E-state index in [4.69, 9.17) is 17.3 Å². The molecule has 0 unspecified atom stereocenters. The van der Waals surface area contributed by atoms with Crippen molar-refractivity contribution in [3.05, 3.63) is 40.6 Å². The molecule has 5 nitrogen and oxygen atoms in total. The topological polar surface area (TPSA) is 79.2 Å². The molecule has 0 aliphatic rings. The summed E-state index contributed by atoms with van der Waals surface area (Å²) in [6, 6.07) is 3.06. The Morgan fingerprint density at radius 1 is 1.36 bits per heavy atom. The highest BCUT2D eigenvalue weighted by atomic mass is 35.5. The Morgan fingerprint density at radius 3 is 2.55 bits per heavy atom. The molecule has 0 saturated carbocycles. The first-order chi connectivity index (χ1) is 10.1. The van der Waals surface area contributed by atoms with Gasteiger partial charge < -0.3 is 16.5 Å². The molecule has 10 heteroatoms. The number of alkyl halides is 3. The molecule has 0 heterocycles. The van der Waals surface area contributed by atoms with Crippen LogP contribution in [-0.4, -0.2) is 11.0 Å². The van der Waals surface area contributed by atoms with Gasteiger partial charge in [-0.1, -0.05) is 11.6 Å². The summed E-state index contributed by atoms with van der Waals surface area (Å²) < 4.78 is 38.6. The van der Waals surface area contributed by atoms with Gasteiger partial charge in [-0.05, 0) is 37.3 Å². The monoisotopic (exact) mass is 352 g/mol. The molecule has 0 aliphatic heterocycles. The summed E-state index contributed by atoms with van der Waals surface area (Å²) in [5.41, 5.74) is 8.90. The van der Waals surface area contributed by atoms with Crippen molar-refractivity contribution in [3.63, 3.8) is 0 Å². The van der Waals surface area contributed by atoms with E-state index in [0.29, 0.717) is 5.70 Å². The fourth-order valence-electron chi connectivity index (χ4n) is 1.42. The van der Waals surface area contributed by atoms with Gasteiger partial charge in [0.2, 0.25) is 5.91 Å². The van der Waals surface area contributed by atoms with Crippen LogP contribution in [0.25, 0.3) is 0 Å². The maximum absolute atomic E-state index is 12.9. The second-order valence-corrected chi connectivity index (χ2v) is 4.99. The third kappa shape index (κ3) is 5.78. The Labute approximate surface area is 134 Å². The molecule has 5 N–H and O–H groups in total. The number of allylic oxidation sites excluding steroid dienone is 1. The van der Waals surface area contributed by atoms with Crippen LogP contribution >= 0.6 is 23.8 Å². The standard InChI is InChI=1S/C12H12ClF3N4OS/c1-6(19-20-11(17)22)4-10(21)18-9-3-2-7(13)5-8(9)12(14,15)16/h2-5,19H,1H3,(H,18,21)(H3,17,20,22)/b6-4+. The van der Waals surface area contributed by atoms with Gasteiger partial charge in [-0.15, -0.1) is 0 Å². The van der Waals surface area contributed by atoms with Crippen molar-refractivity contribution in [1.29, 1.82) is 0 Å². The average Bonchev–Trinajstić information content (AvgIpc) is 2.37. The summed E-state index contributed by atoms with van der Waals surface area (Å²) in [4.78, 5) is 11.7. The van der Waals surface area contributed by atoms with Crippen molar-refractivity contribution in [2.24, 2.45) is 5.73 Å². The fourth-order valence-corrected chi connectivity index (χ4v) is 1.64. The van der Waals surface area contributed by atoms with Gasteiger partial charge in [0, 0.05) is 16.8 Å². The van der Waals surface area contributed by atoms with Gasteiger partial charge in [0.15, 0.2) is 5.11 Å². The zero-order valence-electron chi connectivity index (χ0n) is 11.2. The summed E-state index contributed by atoms with van der Waals surface area (Å²) >= 11 is 10.1. The predicted octanol–water partition coefficient (Wildman–Crippen LogP) is 2.54. The third-order valence-electron chi connectivity index (χ3n) is 2.28. The van der Waals surface area contributed by atoms with E-state index in [0.717, 1.165) is 18.2 Å². The molecular formula is C12H12ClF3N4OS. The summed E-state index contributed by atoms with van der Waals surface area (Å²) in [6.07, 6.45) is -3.60. The van der Waals surface area contributed by atoms with E-state index in [1.165, 1.54) is 13.0 Å². The van der Waals surface area contributed by atoms with Crippen LogP contribution in [0, 0.1) is 0 Å². The highest BCUT2D eigenvalue weighted by molar-refractivity contribution is 7.80. The molecule has 0 spiro atoms. The molecule has 0 saturated heterocycles. The Bertz CT molecular complexity index is 619. The second kappa shape index (κ2) is 7.32. The van der Waals surface area contributed by atoms with E-state index in [2.05, 4.69) is 28.4 Å². The number of thiocarbonyl (C=S) groups is 1. The Hall–Kier alpha value is -2.00. The van der Waals surface area contributed by atoms with Crippen LogP contribution in [0.4, 0.5) is 18.9 Å². The lowest BCUT2D eigenvalue weighted by atomic mass is 10.1. The van der Waals surface area contributed by atoms with Gasteiger partial charge in [-0.3, -0.25) is 10.2 Å². The lowest BCUT2D eigenvalue weighted by Crippen LogP contribution is -2.39. The van der Waals surface area contributed by atoms with E-state index in [-0.39, 0.29) is 10.1 Å². The van der Waals surface area contributed by atoms with Crippen LogP contribution in [0.1, 0.15) is 12.5 Å². The van der Waals surface area contributed by atoms with E-state index in [1.54, 1.807) is 0 Å². The molecule has 0 fully saturated rings. The van der Waals surface area contributed by atoms with Gasteiger partial charge >= 0.3 is 6.18 Å². The molecule has 1 rings (SSSR count). The predicted molar refractivity (Wildman–Crippen MR) is 81.9 cm³/mol. The van der Waals surface area contributed by atoms with E-state index >= 15 is 0 Å². The molecule has 120 valence electrons. The molecule has 0 aromatic heterocycles. The first-order valence-electron chi connectivity index (χ1n) is 5.77. The number of carbonyl (C=O) groups is 1. The number of hydrazine groups is 1. The molecule has 0 aliphatic carbocycles. The lowest BCUT2D eigenvalue weighted by molar-refractivity contribution is -0.136. The Morgan fingerprint density at radius 2 is 2.00 bits per heavy atom. The minimum Gasteiger partial charge on any atom is -0.375 e. The minimum absolute atomic E-state index is 0.0507. The van der Waals surface area contributed by atoms with Gasteiger partial charge in [0.05, 0.1) is 11.3 Å². The number of amides is 1. The molecule has 0 bridgehead atoms. The van der Waals surface area contributed by atoms with Crippen LogP contribution in [-0.2, 0) is 11.0 Å². The Kier molecular flexibility index (Phi) is 6.01. The number of rotatable bonds is 4. The first kappa shape index (κ1) is 18.1. The number of carbonyl (C=O) groups excluding carboxylic acids is 1. The van der Waals surface area contributed by atoms with Crippen LogP contribution in [0.15, 0.2) is 30.0 Å². The maximum atomic E-state index is 12.9. The van der Waals surface area contributed by atoms with Gasteiger partial charge in [0.25, 0.3) is 0 Å². The third-order valence-corrected chi connectivity index (χ3v) is 2.61. The summed E-state index contributed by atoms with van der Waals surface area (Å²) in [5, 5.41) is 2.00. The van der Waals surface area contributed by atoms with E-state index in [1.807, 2.05) is 0 Å². The van der Waals surface area contributed by atoms with Crippen LogP contribution in [0.5, 0.6) is 0 Å². The van der Waals surface area contributed by atoms with Crippen LogP contribution < -0.4 is 21.9 Å². The fraction of sp³-hybridized carbons (Fsp3) is 0.167. The number of hydrogen-bond donors (Lipinski definition) is 4. The second-order valence-electron chi connectivity index (χ2n) is 4.12. The lowest BCUT2D eigenvalue weighted by Gasteiger charge is -2.13. The molecule has 0 radical (unpaired) electrons. The first-order valence-corrected chi connectivity index (χ1v) is 6.55. The molecule has 22 heavy (non-hydrogen) atoms. The van der Waals surface area contributed by atoms with Crippen molar-refractivity contribution >= 4 is 40.5 Å². The number of benzene rings is 1. The zero-order valence-corrected chi connectivity index (χ0v) is 12.8.